The zero-order valence-electron chi connectivity index (χ0n) is 17.5. The van der Waals surface area contributed by atoms with Crippen LogP contribution in [-0.4, -0.2) is 38.1 Å². The second kappa shape index (κ2) is 7.71. The molecule has 7 nitrogen and oxygen atoms in total. The van der Waals surface area contributed by atoms with E-state index in [1.54, 1.807) is 37.4 Å². The summed E-state index contributed by atoms with van der Waals surface area (Å²) < 4.78 is 33.2. The van der Waals surface area contributed by atoms with Crippen LogP contribution in [0.25, 0.3) is 11.0 Å². The quantitative estimate of drug-likeness (QED) is 0.422. The van der Waals surface area contributed by atoms with E-state index in [0.717, 1.165) is 11.8 Å². The molecule has 3 heterocycles. The zero-order chi connectivity index (χ0) is 23.2. The van der Waals surface area contributed by atoms with Crippen LogP contribution in [0.4, 0.5) is 20.3 Å². The Morgan fingerprint density at radius 2 is 2.15 bits per heavy atom. The van der Waals surface area contributed by atoms with Crippen molar-refractivity contribution in [3.8, 4) is 18.2 Å². The molecule has 1 aliphatic carbocycles. The normalized spacial score (nSPS) is 23.2. The Bertz CT molecular complexity index is 1390. The number of nitrogens with zero attached hydrogens (tertiary/aromatic N) is 4. The van der Waals surface area contributed by atoms with Crippen LogP contribution < -0.4 is 15.8 Å². The predicted molar refractivity (Wildman–Crippen MR) is 125 cm³/mol. The molecule has 2 atom stereocenters. The van der Waals surface area contributed by atoms with Gasteiger partial charge in [0.25, 0.3) is 0 Å². The van der Waals surface area contributed by atoms with Gasteiger partial charge >= 0.3 is 0 Å². The highest BCUT2D eigenvalue weighted by atomic mass is 32.2. The molecule has 0 saturated carbocycles. The zero-order valence-corrected chi connectivity index (χ0v) is 18.3. The number of thioether (sulfide) groups is 1. The number of pyridine rings is 1. The van der Waals surface area contributed by atoms with Gasteiger partial charge in [0, 0.05) is 17.4 Å². The maximum Gasteiger partial charge on any atom is 0.233 e. The lowest BCUT2D eigenvalue weighted by atomic mass is 9.87. The van der Waals surface area contributed by atoms with Crippen LogP contribution in [0, 0.1) is 18.2 Å². The third kappa shape index (κ3) is 3.54. The summed E-state index contributed by atoms with van der Waals surface area (Å²) in [5.74, 6) is 2.64. The highest BCUT2D eigenvalue weighted by Gasteiger charge is 2.58. The molecule has 33 heavy (non-hydrogen) atoms. The Kier molecular flexibility index (Phi) is 4.94. The van der Waals surface area contributed by atoms with Gasteiger partial charge in [0.15, 0.2) is 17.6 Å². The molecule has 2 aromatic heterocycles. The maximum atomic E-state index is 15.0. The number of benzene rings is 1. The molecule has 0 fully saturated rings. The van der Waals surface area contributed by atoms with Crippen LogP contribution in [0.1, 0.15) is 12.5 Å². The van der Waals surface area contributed by atoms with Gasteiger partial charge in [0.1, 0.15) is 23.5 Å². The lowest BCUT2D eigenvalue weighted by Gasteiger charge is -2.33. The van der Waals surface area contributed by atoms with E-state index in [0.29, 0.717) is 34.0 Å². The molecule has 0 saturated heterocycles. The smallest absolute Gasteiger partial charge is 0.233 e. The first-order chi connectivity index (χ1) is 15.9. The maximum absolute atomic E-state index is 15.0. The summed E-state index contributed by atoms with van der Waals surface area (Å²) in [6, 6.07) is 6.23. The molecule has 1 aromatic carbocycles. The van der Waals surface area contributed by atoms with Gasteiger partial charge in [-0.25, -0.2) is 28.7 Å². The molecule has 3 aromatic rings. The monoisotopic (exact) mass is 464 g/mol. The van der Waals surface area contributed by atoms with E-state index in [2.05, 4.69) is 31.2 Å². The second-order valence-electron chi connectivity index (χ2n) is 7.75. The number of nitrogens with one attached hydrogen (secondary N) is 1. The van der Waals surface area contributed by atoms with Crippen molar-refractivity contribution in [1.29, 1.82) is 0 Å². The Morgan fingerprint density at radius 1 is 1.30 bits per heavy atom. The Labute approximate surface area is 192 Å². The molecule has 3 N–H and O–H groups in total. The number of fused-ring (bicyclic) bond motifs is 2. The van der Waals surface area contributed by atoms with Gasteiger partial charge in [-0.1, -0.05) is 23.8 Å². The molecule has 1 aliphatic heterocycles. The summed E-state index contributed by atoms with van der Waals surface area (Å²) in [6.07, 6.45) is 10.0. The summed E-state index contributed by atoms with van der Waals surface area (Å²) in [5, 5.41) is 3.39. The second-order valence-corrected chi connectivity index (χ2v) is 9.10. The van der Waals surface area contributed by atoms with Crippen LogP contribution in [0.5, 0.6) is 5.88 Å². The number of aliphatic imine (C=N–C) groups is 1. The van der Waals surface area contributed by atoms with Crippen molar-refractivity contribution in [2.75, 3.05) is 18.6 Å². The minimum atomic E-state index is -1.10. The Hall–Kier alpha value is -3.71. The van der Waals surface area contributed by atoms with Gasteiger partial charge in [-0.3, -0.25) is 0 Å². The fraction of sp³-hybridized carbons (Fsp3) is 0.217. The standard InChI is InChI=1S/C23H18F2N6OS/c1-3-8-32-18-11-28-19-16(30-18)6-7-27-20(19)29-13-4-5-15(25)14(9-13)22(2)17-10-23(17,12-24)33-21(26)31-22/h1,4-7,9-11H,8,12H2,2H3,(H2,26,31)(H,27,29)/t22-,23-/m1/s1. The van der Waals surface area contributed by atoms with Crippen molar-refractivity contribution < 1.29 is 13.5 Å². The Morgan fingerprint density at radius 3 is 2.94 bits per heavy atom. The van der Waals surface area contributed by atoms with E-state index in [9.17, 15) is 8.78 Å². The van der Waals surface area contributed by atoms with Gasteiger partial charge in [-0.15, -0.1) is 6.42 Å². The van der Waals surface area contributed by atoms with E-state index in [4.69, 9.17) is 16.9 Å². The summed E-state index contributed by atoms with van der Waals surface area (Å²) in [4.78, 5) is 17.6. The lowest BCUT2D eigenvalue weighted by molar-refractivity contribution is 0.355. The summed E-state index contributed by atoms with van der Waals surface area (Å²) >= 11 is 1.16. The first kappa shape index (κ1) is 21.2. The molecule has 2 aliphatic rings. The number of anilines is 2. The van der Waals surface area contributed by atoms with Crippen molar-refractivity contribution in [2.24, 2.45) is 10.7 Å². The number of aromatic nitrogens is 3. The largest absolute Gasteiger partial charge is 0.463 e. The number of hydrogen-bond donors (Lipinski definition) is 2. The molecular formula is C23H18F2N6OS. The number of rotatable bonds is 6. The number of halogens is 2. The van der Waals surface area contributed by atoms with E-state index in [-0.39, 0.29) is 17.3 Å². The lowest BCUT2D eigenvalue weighted by Crippen LogP contribution is -2.35. The number of nitrogens with two attached hydrogens (primary N) is 1. The molecule has 0 radical (unpaired) electrons. The van der Waals surface area contributed by atoms with Gasteiger partial charge < -0.3 is 15.8 Å². The van der Waals surface area contributed by atoms with Gasteiger partial charge in [-0.2, -0.15) is 0 Å². The number of alkyl halides is 1. The van der Waals surface area contributed by atoms with E-state index in [1.807, 2.05) is 0 Å². The number of hydrogen-bond acceptors (Lipinski definition) is 8. The summed E-state index contributed by atoms with van der Waals surface area (Å²) in [5.41, 5.74) is 7.47. The van der Waals surface area contributed by atoms with Crippen molar-refractivity contribution in [2.45, 2.75) is 17.2 Å². The fourth-order valence-electron chi connectivity index (χ4n) is 3.99. The molecule has 10 heteroatoms. The van der Waals surface area contributed by atoms with Crippen LogP contribution in [-0.2, 0) is 5.54 Å². The minimum Gasteiger partial charge on any atom is -0.463 e. The van der Waals surface area contributed by atoms with E-state index < -0.39 is 22.8 Å². The SMILES string of the molecule is C#CCOc1cnc2c(Nc3ccc(F)c([C@@]4(C)N=C(N)S[C@@]5(CF)C=C54)c3)nccc2n1. The minimum absolute atomic E-state index is 0.0825. The summed E-state index contributed by atoms with van der Waals surface area (Å²) in [7, 11) is 0. The molecule has 5 rings (SSSR count). The van der Waals surface area contributed by atoms with E-state index in [1.165, 1.54) is 12.3 Å². The molecular weight excluding hydrogens is 446 g/mol. The van der Waals surface area contributed by atoms with Gasteiger partial charge in [-0.05, 0) is 36.8 Å². The third-order valence-corrected chi connectivity index (χ3v) is 6.70. The van der Waals surface area contributed by atoms with Crippen LogP contribution in [0.3, 0.4) is 0 Å². The number of terminal acetylenes is 1. The van der Waals surface area contributed by atoms with Crippen molar-refractivity contribution in [3.05, 3.63) is 59.7 Å². The van der Waals surface area contributed by atoms with Crippen LogP contribution >= 0.6 is 11.8 Å². The van der Waals surface area contributed by atoms with Crippen molar-refractivity contribution >= 4 is 39.5 Å². The Balaban J connectivity index is 1.50. The molecule has 0 bridgehead atoms. The molecule has 166 valence electrons. The molecule has 0 spiro atoms. The van der Waals surface area contributed by atoms with Crippen molar-refractivity contribution in [3.63, 3.8) is 0 Å². The number of amidine groups is 1. The highest BCUT2D eigenvalue weighted by Crippen LogP contribution is 2.60. The van der Waals surface area contributed by atoms with Gasteiger partial charge in [0.05, 0.1) is 16.5 Å². The third-order valence-electron chi connectivity index (χ3n) is 5.59. The van der Waals surface area contributed by atoms with E-state index >= 15 is 0 Å². The van der Waals surface area contributed by atoms with Crippen LogP contribution in [0.15, 0.2) is 53.3 Å². The molecule has 0 unspecified atom stereocenters. The predicted octanol–water partition coefficient (Wildman–Crippen LogP) is 3.84. The van der Waals surface area contributed by atoms with Gasteiger partial charge in [0.2, 0.25) is 5.88 Å². The topological polar surface area (TPSA) is 98.3 Å². The first-order valence-corrected chi connectivity index (χ1v) is 10.8. The van der Waals surface area contributed by atoms with Crippen molar-refractivity contribution in [1.82, 2.24) is 15.0 Å². The summed E-state index contributed by atoms with van der Waals surface area (Å²) in [6.45, 7) is 1.20. The fourth-order valence-corrected chi connectivity index (χ4v) is 5.13. The first-order valence-electron chi connectivity index (χ1n) is 9.98. The highest BCUT2D eigenvalue weighted by molar-refractivity contribution is 8.15. The average molecular weight is 465 g/mol. The molecule has 0 amide bonds. The van der Waals surface area contributed by atoms with Crippen LogP contribution in [0.2, 0.25) is 0 Å². The number of ether oxygens (including phenoxy) is 1. The average Bonchev–Trinajstić information content (AvgIpc) is 3.55.